The van der Waals surface area contributed by atoms with E-state index in [0.717, 1.165) is 5.69 Å². The van der Waals surface area contributed by atoms with E-state index in [1.165, 1.54) is 22.4 Å². The Morgan fingerprint density at radius 3 is 2.06 bits per heavy atom. The number of anilines is 2. The number of aryl methyl sites for hydroxylation is 2. The highest BCUT2D eigenvalue weighted by atomic mass is 14.9. The van der Waals surface area contributed by atoms with Crippen molar-refractivity contribution in [3.05, 3.63) is 59.2 Å². The number of hydrogen-bond acceptors (Lipinski definition) is 1. The van der Waals surface area contributed by atoms with Gasteiger partial charge in [0.1, 0.15) is 0 Å². The highest BCUT2D eigenvalue weighted by Crippen LogP contribution is 2.26. The first-order chi connectivity index (χ1) is 7.68. The van der Waals surface area contributed by atoms with Crippen LogP contribution >= 0.6 is 0 Å². The van der Waals surface area contributed by atoms with Crippen LogP contribution in [0.1, 0.15) is 16.7 Å². The zero-order valence-corrected chi connectivity index (χ0v) is 10.0. The Bertz CT molecular complexity index is 486. The van der Waals surface area contributed by atoms with E-state index in [0.29, 0.717) is 0 Å². The van der Waals surface area contributed by atoms with Gasteiger partial charge in [-0.15, -0.1) is 0 Å². The zero-order chi connectivity index (χ0) is 11.5. The number of nitrogens with one attached hydrogen (secondary N) is 1. The molecule has 0 saturated carbocycles. The van der Waals surface area contributed by atoms with Gasteiger partial charge in [-0.1, -0.05) is 30.3 Å². The summed E-state index contributed by atoms with van der Waals surface area (Å²) < 4.78 is 0. The van der Waals surface area contributed by atoms with Gasteiger partial charge in [-0.3, -0.25) is 0 Å². The van der Waals surface area contributed by atoms with Gasteiger partial charge in [-0.25, -0.2) is 0 Å². The molecule has 1 nitrogen and oxygen atoms in total. The van der Waals surface area contributed by atoms with E-state index in [4.69, 9.17) is 0 Å². The average Bonchev–Trinajstić information content (AvgIpc) is 2.31. The molecule has 0 saturated heterocycles. The second-order valence-electron chi connectivity index (χ2n) is 4.19. The van der Waals surface area contributed by atoms with Crippen molar-refractivity contribution in [3.63, 3.8) is 0 Å². The zero-order valence-electron chi connectivity index (χ0n) is 10.0. The van der Waals surface area contributed by atoms with Gasteiger partial charge >= 0.3 is 0 Å². The molecule has 2 aromatic carbocycles. The number of para-hydroxylation sites is 1. The first-order valence-corrected chi connectivity index (χ1v) is 5.57. The summed E-state index contributed by atoms with van der Waals surface area (Å²) in [6.45, 7) is 6.44. The average molecular weight is 211 g/mol. The van der Waals surface area contributed by atoms with Gasteiger partial charge in [0, 0.05) is 11.4 Å². The standard InChI is InChI=1S/C15H17N/c1-11-9-10-12(2)15(13(11)3)16-14-7-5-4-6-8-14/h4-10,16H,1-3H3. The Morgan fingerprint density at radius 2 is 1.38 bits per heavy atom. The summed E-state index contributed by atoms with van der Waals surface area (Å²) in [5.41, 5.74) is 6.30. The monoisotopic (exact) mass is 211 g/mol. The third-order valence-corrected chi connectivity index (χ3v) is 2.99. The topological polar surface area (TPSA) is 12.0 Å². The molecule has 2 rings (SSSR count). The summed E-state index contributed by atoms with van der Waals surface area (Å²) in [6, 6.07) is 14.6. The van der Waals surface area contributed by atoms with Crippen LogP contribution in [0.2, 0.25) is 0 Å². The molecule has 0 radical (unpaired) electrons. The van der Waals surface area contributed by atoms with Crippen LogP contribution < -0.4 is 5.32 Å². The molecule has 0 spiro atoms. The van der Waals surface area contributed by atoms with Gasteiger partial charge in [0.25, 0.3) is 0 Å². The first kappa shape index (κ1) is 10.7. The van der Waals surface area contributed by atoms with Crippen LogP contribution in [-0.2, 0) is 0 Å². The van der Waals surface area contributed by atoms with Gasteiger partial charge in [0.2, 0.25) is 0 Å². The molecular formula is C15H17N. The van der Waals surface area contributed by atoms with Gasteiger partial charge in [0.15, 0.2) is 0 Å². The molecular weight excluding hydrogens is 194 g/mol. The SMILES string of the molecule is Cc1ccc(C)c(Nc2ccccc2)c1C. The van der Waals surface area contributed by atoms with Crippen molar-refractivity contribution in [3.8, 4) is 0 Å². The Labute approximate surface area is 97.1 Å². The maximum atomic E-state index is 3.48. The van der Waals surface area contributed by atoms with Crippen molar-refractivity contribution in [1.82, 2.24) is 0 Å². The molecule has 16 heavy (non-hydrogen) atoms. The van der Waals surface area contributed by atoms with E-state index in [9.17, 15) is 0 Å². The van der Waals surface area contributed by atoms with Crippen molar-refractivity contribution in [2.45, 2.75) is 20.8 Å². The normalized spacial score (nSPS) is 10.2. The van der Waals surface area contributed by atoms with E-state index in [1.807, 2.05) is 18.2 Å². The lowest BCUT2D eigenvalue weighted by Gasteiger charge is -2.14. The Kier molecular flexibility index (Phi) is 2.95. The summed E-state index contributed by atoms with van der Waals surface area (Å²) in [5.74, 6) is 0. The van der Waals surface area contributed by atoms with Crippen LogP contribution in [0, 0.1) is 20.8 Å². The Morgan fingerprint density at radius 1 is 0.750 bits per heavy atom. The molecule has 0 fully saturated rings. The molecule has 0 atom stereocenters. The second kappa shape index (κ2) is 4.40. The first-order valence-electron chi connectivity index (χ1n) is 5.57. The van der Waals surface area contributed by atoms with Crippen molar-refractivity contribution in [2.75, 3.05) is 5.32 Å². The van der Waals surface area contributed by atoms with E-state index in [2.05, 4.69) is 50.4 Å². The van der Waals surface area contributed by atoms with Crippen LogP contribution in [0.5, 0.6) is 0 Å². The van der Waals surface area contributed by atoms with Crippen molar-refractivity contribution in [2.24, 2.45) is 0 Å². The lowest BCUT2D eigenvalue weighted by Crippen LogP contribution is -1.97. The molecule has 1 N–H and O–H groups in total. The summed E-state index contributed by atoms with van der Waals surface area (Å²) >= 11 is 0. The van der Waals surface area contributed by atoms with Crippen molar-refractivity contribution in [1.29, 1.82) is 0 Å². The van der Waals surface area contributed by atoms with E-state index in [-0.39, 0.29) is 0 Å². The molecule has 0 aromatic heterocycles. The van der Waals surface area contributed by atoms with Crippen molar-refractivity contribution < 1.29 is 0 Å². The summed E-state index contributed by atoms with van der Waals surface area (Å²) in [4.78, 5) is 0. The molecule has 0 unspecified atom stereocenters. The maximum Gasteiger partial charge on any atom is 0.0446 e. The third-order valence-electron chi connectivity index (χ3n) is 2.99. The van der Waals surface area contributed by atoms with Crippen molar-refractivity contribution >= 4 is 11.4 Å². The predicted octanol–water partition coefficient (Wildman–Crippen LogP) is 4.36. The van der Waals surface area contributed by atoms with Gasteiger partial charge in [-0.2, -0.15) is 0 Å². The smallest absolute Gasteiger partial charge is 0.0446 e. The minimum Gasteiger partial charge on any atom is -0.355 e. The molecule has 1 heteroatoms. The Hall–Kier alpha value is -1.76. The second-order valence-corrected chi connectivity index (χ2v) is 4.19. The number of rotatable bonds is 2. The van der Waals surface area contributed by atoms with Crippen LogP contribution in [0.3, 0.4) is 0 Å². The van der Waals surface area contributed by atoms with Crippen LogP contribution in [0.4, 0.5) is 11.4 Å². The number of benzene rings is 2. The summed E-state index contributed by atoms with van der Waals surface area (Å²) in [7, 11) is 0. The molecule has 82 valence electrons. The third kappa shape index (κ3) is 2.08. The molecule has 0 aliphatic rings. The molecule has 0 amide bonds. The van der Waals surface area contributed by atoms with E-state index in [1.54, 1.807) is 0 Å². The molecule has 2 aromatic rings. The fourth-order valence-electron chi connectivity index (χ4n) is 1.81. The minimum absolute atomic E-state index is 1.14. The van der Waals surface area contributed by atoms with Gasteiger partial charge < -0.3 is 5.32 Å². The van der Waals surface area contributed by atoms with Gasteiger partial charge in [0.05, 0.1) is 0 Å². The Balaban J connectivity index is 2.38. The molecule has 0 bridgehead atoms. The number of hydrogen-bond donors (Lipinski definition) is 1. The molecule has 0 aliphatic carbocycles. The largest absolute Gasteiger partial charge is 0.355 e. The van der Waals surface area contributed by atoms with Crippen LogP contribution in [0.25, 0.3) is 0 Å². The maximum absolute atomic E-state index is 3.48. The lowest BCUT2D eigenvalue weighted by atomic mass is 10.0. The summed E-state index contributed by atoms with van der Waals surface area (Å²) in [5, 5.41) is 3.48. The quantitative estimate of drug-likeness (QED) is 0.778. The highest BCUT2D eigenvalue weighted by molar-refractivity contribution is 5.67. The molecule has 0 heterocycles. The minimum atomic E-state index is 1.14. The van der Waals surface area contributed by atoms with Crippen LogP contribution in [0.15, 0.2) is 42.5 Å². The summed E-state index contributed by atoms with van der Waals surface area (Å²) in [6.07, 6.45) is 0. The van der Waals surface area contributed by atoms with E-state index < -0.39 is 0 Å². The van der Waals surface area contributed by atoms with E-state index >= 15 is 0 Å². The fraction of sp³-hybridized carbons (Fsp3) is 0.200. The highest BCUT2D eigenvalue weighted by Gasteiger charge is 2.04. The lowest BCUT2D eigenvalue weighted by molar-refractivity contribution is 1.29. The fourth-order valence-corrected chi connectivity index (χ4v) is 1.81. The molecule has 0 aliphatic heterocycles. The van der Waals surface area contributed by atoms with Crippen LogP contribution in [-0.4, -0.2) is 0 Å². The van der Waals surface area contributed by atoms with Gasteiger partial charge in [-0.05, 0) is 49.6 Å². The predicted molar refractivity (Wildman–Crippen MR) is 70.4 cm³/mol.